The number of carbonyl (C=O) groups excluding carboxylic acids is 1. The van der Waals surface area contributed by atoms with Gasteiger partial charge in [0.2, 0.25) is 5.91 Å². The number of rotatable bonds is 8. The zero-order chi connectivity index (χ0) is 21.3. The Hall–Kier alpha value is -2.67. The molecule has 1 aliphatic heterocycles. The Morgan fingerprint density at radius 1 is 1.20 bits per heavy atom. The van der Waals surface area contributed by atoms with E-state index in [2.05, 4.69) is 16.3 Å². The molecule has 1 heterocycles. The Balaban J connectivity index is 1.59. The van der Waals surface area contributed by atoms with Gasteiger partial charge in [0.25, 0.3) is 0 Å². The second kappa shape index (κ2) is 10.9. The number of carbonyl (C=O) groups is 1. The number of nitrogens with one attached hydrogen (secondary N) is 1. The number of likely N-dealkylation sites (tertiary alicyclic amines) is 1. The van der Waals surface area contributed by atoms with Crippen LogP contribution < -0.4 is 10.1 Å². The fraction of sp³-hybridized carbons (Fsp3) is 0.375. The molecule has 2 aromatic rings. The first-order valence-corrected chi connectivity index (χ1v) is 10.2. The molecule has 3 rings (SSSR count). The van der Waals surface area contributed by atoms with Gasteiger partial charge in [0, 0.05) is 44.4 Å². The lowest BCUT2D eigenvalue weighted by atomic mass is 10.0. The molecule has 2 aromatic carbocycles. The van der Waals surface area contributed by atoms with Crippen LogP contribution >= 0.6 is 0 Å². The lowest BCUT2D eigenvalue weighted by Gasteiger charge is -2.36. The summed E-state index contributed by atoms with van der Waals surface area (Å²) in [5.41, 5.74) is 3.08. The third-order valence-electron chi connectivity index (χ3n) is 5.13. The average molecular weight is 411 g/mol. The lowest BCUT2D eigenvalue weighted by molar-refractivity contribution is -0.117. The largest absolute Gasteiger partial charge is 0.496 e. The van der Waals surface area contributed by atoms with Crippen LogP contribution in [0.25, 0.3) is 6.08 Å². The molecule has 30 heavy (non-hydrogen) atoms. The number of aliphatic hydroxyl groups is 1. The van der Waals surface area contributed by atoms with Crippen molar-refractivity contribution in [2.24, 2.45) is 0 Å². The fourth-order valence-electron chi connectivity index (χ4n) is 3.84. The Morgan fingerprint density at radius 2 is 2.00 bits per heavy atom. The third kappa shape index (κ3) is 6.42. The van der Waals surface area contributed by atoms with Crippen molar-refractivity contribution in [1.29, 1.82) is 0 Å². The van der Waals surface area contributed by atoms with Gasteiger partial charge in [-0.05, 0) is 35.8 Å². The van der Waals surface area contributed by atoms with E-state index in [1.54, 1.807) is 26.4 Å². The SMILES string of the molecule is COCc1cc(CN2C[C@H](O)C[C@H](NC(=O)/C=C/c3ccccc3)C2)ccc1OC. The van der Waals surface area contributed by atoms with Crippen molar-refractivity contribution in [3.8, 4) is 5.75 Å². The van der Waals surface area contributed by atoms with Crippen LogP contribution in [-0.4, -0.2) is 55.4 Å². The summed E-state index contributed by atoms with van der Waals surface area (Å²) in [7, 11) is 3.31. The van der Waals surface area contributed by atoms with Crippen LogP contribution in [-0.2, 0) is 22.7 Å². The van der Waals surface area contributed by atoms with E-state index < -0.39 is 6.10 Å². The highest BCUT2D eigenvalue weighted by Gasteiger charge is 2.26. The minimum atomic E-state index is -0.473. The van der Waals surface area contributed by atoms with E-state index in [1.807, 2.05) is 42.5 Å². The summed E-state index contributed by atoms with van der Waals surface area (Å²) in [6.45, 7) is 2.43. The van der Waals surface area contributed by atoms with Crippen molar-refractivity contribution in [3.63, 3.8) is 0 Å². The van der Waals surface area contributed by atoms with Crippen LogP contribution in [0.5, 0.6) is 5.75 Å². The van der Waals surface area contributed by atoms with Crippen LogP contribution in [0, 0.1) is 0 Å². The van der Waals surface area contributed by atoms with Gasteiger partial charge in [-0.2, -0.15) is 0 Å². The van der Waals surface area contributed by atoms with Gasteiger partial charge < -0.3 is 19.9 Å². The molecule has 6 nitrogen and oxygen atoms in total. The fourth-order valence-corrected chi connectivity index (χ4v) is 3.84. The summed E-state index contributed by atoms with van der Waals surface area (Å²) in [6, 6.07) is 15.6. The lowest BCUT2D eigenvalue weighted by Crippen LogP contribution is -2.51. The zero-order valence-corrected chi connectivity index (χ0v) is 17.6. The maximum atomic E-state index is 12.3. The third-order valence-corrected chi connectivity index (χ3v) is 5.13. The Morgan fingerprint density at radius 3 is 2.73 bits per heavy atom. The summed E-state index contributed by atoms with van der Waals surface area (Å²) >= 11 is 0. The average Bonchev–Trinajstić information content (AvgIpc) is 2.73. The molecule has 0 bridgehead atoms. The molecule has 0 aliphatic carbocycles. The van der Waals surface area contributed by atoms with Gasteiger partial charge in [0.15, 0.2) is 0 Å². The van der Waals surface area contributed by atoms with E-state index in [-0.39, 0.29) is 11.9 Å². The predicted molar refractivity (Wildman–Crippen MR) is 117 cm³/mol. The summed E-state index contributed by atoms with van der Waals surface area (Å²) in [6.07, 6.45) is 3.42. The van der Waals surface area contributed by atoms with Crippen molar-refractivity contribution in [3.05, 3.63) is 71.3 Å². The van der Waals surface area contributed by atoms with Gasteiger partial charge in [-0.15, -0.1) is 0 Å². The molecule has 0 aromatic heterocycles. The smallest absolute Gasteiger partial charge is 0.244 e. The molecule has 1 saturated heterocycles. The van der Waals surface area contributed by atoms with Gasteiger partial charge in [-0.3, -0.25) is 9.69 Å². The quantitative estimate of drug-likeness (QED) is 0.655. The predicted octanol–water partition coefficient (Wildman–Crippen LogP) is 2.61. The molecule has 1 fully saturated rings. The van der Waals surface area contributed by atoms with Crippen LogP contribution in [0.3, 0.4) is 0 Å². The monoisotopic (exact) mass is 410 g/mol. The van der Waals surface area contributed by atoms with E-state index in [0.717, 1.165) is 22.4 Å². The molecule has 1 amide bonds. The first-order chi connectivity index (χ1) is 14.6. The highest BCUT2D eigenvalue weighted by Crippen LogP contribution is 2.22. The second-order valence-electron chi connectivity index (χ2n) is 7.61. The number of β-amino-alcohol motifs (C(OH)–C–C–N with tert-alkyl or cyclic N) is 1. The van der Waals surface area contributed by atoms with E-state index in [4.69, 9.17) is 9.47 Å². The summed E-state index contributed by atoms with van der Waals surface area (Å²) in [5.74, 6) is 0.652. The number of benzene rings is 2. The number of hydrogen-bond acceptors (Lipinski definition) is 5. The van der Waals surface area contributed by atoms with E-state index in [0.29, 0.717) is 32.7 Å². The van der Waals surface area contributed by atoms with Crippen molar-refractivity contribution in [1.82, 2.24) is 10.2 Å². The van der Waals surface area contributed by atoms with Crippen LogP contribution in [0.15, 0.2) is 54.6 Å². The number of ether oxygens (including phenoxy) is 2. The van der Waals surface area contributed by atoms with Crippen LogP contribution in [0.1, 0.15) is 23.1 Å². The number of amides is 1. The van der Waals surface area contributed by atoms with Gasteiger partial charge >= 0.3 is 0 Å². The molecule has 1 aliphatic rings. The molecule has 0 saturated carbocycles. The molecule has 160 valence electrons. The topological polar surface area (TPSA) is 71.0 Å². The highest BCUT2D eigenvalue weighted by molar-refractivity contribution is 5.91. The van der Waals surface area contributed by atoms with E-state index >= 15 is 0 Å². The summed E-state index contributed by atoms with van der Waals surface area (Å²) in [4.78, 5) is 14.5. The van der Waals surface area contributed by atoms with Crippen molar-refractivity contribution in [2.45, 2.75) is 31.7 Å². The van der Waals surface area contributed by atoms with Crippen molar-refractivity contribution < 1.29 is 19.4 Å². The number of methoxy groups -OCH3 is 2. The van der Waals surface area contributed by atoms with Crippen LogP contribution in [0.2, 0.25) is 0 Å². The van der Waals surface area contributed by atoms with Crippen LogP contribution in [0.4, 0.5) is 0 Å². The van der Waals surface area contributed by atoms with Gasteiger partial charge in [-0.1, -0.05) is 36.4 Å². The van der Waals surface area contributed by atoms with E-state index in [1.165, 1.54) is 0 Å². The molecule has 6 heteroatoms. The molecule has 2 N–H and O–H groups in total. The highest BCUT2D eigenvalue weighted by atomic mass is 16.5. The standard InChI is InChI=1S/C24H30N2O4/c1-29-17-20-12-19(8-10-23(20)30-2)14-26-15-21(13-22(27)16-26)25-24(28)11-9-18-6-4-3-5-7-18/h3-12,21-22,27H,13-17H2,1-2H3,(H,25,28)/b11-9+/t21-,22+/m0/s1. The minimum absolute atomic E-state index is 0.0987. The zero-order valence-electron chi connectivity index (χ0n) is 17.6. The van der Waals surface area contributed by atoms with Crippen molar-refractivity contribution in [2.75, 3.05) is 27.3 Å². The van der Waals surface area contributed by atoms with Crippen molar-refractivity contribution >= 4 is 12.0 Å². The minimum Gasteiger partial charge on any atom is -0.496 e. The number of nitrogens with zero attached hydrogens (tertiary/aromatic N) is 1. The Kier molecular flexibility index (Phi) is 8.02. The maximum Gasteiger partial charge on any atom is 0.244 e. The number of aliphatic hydroxyl groups excluding tert-OH is 1. The first kappa shape index (κ1) is 22.0. The second-order valence-corrected chi connectivity index (χ2v) is 7.61. The molecule has 0 unspecified atom stereocenters. The Labute approximate surface area is 178 Å². The molecule has 0 spiro atoms. The van der Waals surface area contributed by atoms with Gasteiger partial charge in [0.05, 0.1) is 19.8 Å². The first-order valence-electron chi connectivity index (χ1n) is 10.2. The summed E-state index contributed by atoms with van der Waals surface area (Å²) < 4.78 is 10.6. The molecular weight excluding hydrogens is 380 g/mol. The molecular formula is C24H30N2O4. The number of piperidine rings is 1. The Bertz CT molecular complexity index is 854. The number of hydrogen-bond donors (Lipinski definition) is 2. The normalized spacial score (nSPS) is 19.7. The summed E-state index contributed by atoms with van der Waals surface area (Å²) in [5, 5.41) is 13.3. The van der Waals surface area contributed by atoms with Gasteiger partial charge in [-0.25, -0.2) is 0 Å². The molecule has 0 radical (unpaired) electrons. The molecule has 2 atom stereocenters. The van der Waals surface area contributed by atoms with E-state index in [9.17, 15) is 9.90 Å². The maximum absolute atomic E-state index is 12.3. The van der Waals surface area contributed by atoms with Gasteiger partial charge in [0.1, 0.15) is 5.75 Å².